The molecule has 3 fully saturated rings. The molecule has 1 aromatic rings. The van der Waals surface area contributed by atoms with Gasteiger partial charge < -0.3 is 4.74 Å². The highest BCUT2D eigenvalue weighted by Crippen LogP contribution is 2.65. The van der Waals surface area contributed by atoms with Crippen molar-refractivity contribution in [3.8, 4) is 0 Å². The summed E-state index contributed by atoms with van der Waals surface area (Å²) in [5, 5.41) is 0. The van der Waals surface area contributed by atoms with E-state index >= 15 is 0 Å². The maximum Gasteiger partial charge on any atom is 0.330 e. The van der Waals surface area contributed by atoms with Gasteiger partial charge in [-0.15, -0.1) is 0 Å². The van der Waals surface area contributed by atoms with Gasteiger partial charge in [0.05, 0.1) is 11.8 Å². The number of nitrogens with zero attached hydrogens (tertiary/aromatic N) is 1. The molecule has 2 amide bonds. The fraction of sp³-hybridized carbons (Fsp3) is 0.500. The number of imide groups is 1. The zero-order valence-electron chi connectivity index (χ0n) is 17.1. The van der Waals surface area contributed by atoms with Crippen LogP contribution in [0.4, 0.5) is 0 Å². The van der Waals surface area contributed by atoms with E-state index in [1.165, 1.54) is 0 Å². The van der Waals surface area contributed by atoms with Crippen molar-refractivity contribution in [1.82, 2.24) is 4.90 Å². The molecule has 1 aromatic carbocycles. The van der Waals surface area contributed by atoms with Crippen LogP contribution in [0.3, 0.4) is 0 Å². The predicted octanol–water partition coefficient (Wildman–Crippen LogP) is 2.49. The third-order valence-electron chi connectivity index (χ3n) is 7.29. The molecule has 2 saturated carbocycles. The zero-order chi connectivity index (χ0) is 21.2. The topological polar surface area (TPSA) is 80.8 Å². The number of hydrogen-bond acceptors (Lipinski definition) is 5. The summed E-state index contributed by atoms with van der Waals surface area (Å²) in [6.45, 7) is 3.17. The van der Waals surface area contributed by atoms with E-state index in [-0.39, 0.29) is 47.2 Å². The van der Waals surface area contributed by atoms with E-state index in [4.69, 9.17) is 4.74 Å². The molecular formula is C24H25NO5. The average Bonchev–Trinajstić information content (AvgIpc) is 3.53. The third kappa shape index (κ3) is 2.76. The monoisotopic (exact) mass is 407 g/mol. The van der Waals surface area contributed by atoms with Gasteiger partial charge in [0.25, 0.3) is 0 Å². The third-order valence-corrected chi connectivity index (χ3v) is 7.29. The largest absolute Gasteiger partial charge is 0.456 e. The van der Waals surface area contributed by atoms with Gasteiger partial charge in [-0.05, 0) is 36.0 Å². The molecule has 6 heteroatoms. The Labute approximate surface area is 175 Å². The lowest BCUT2D eigenvalue weighted by Gasteiger charge is -2.37. The zero-order valence-corrected chi connectivity index (χ0v) is 17.1. The summed E-state index contributed by atoms with van der Waals surface area (Å²) in [7, 11) is 0. The van der Waals surface area contributed by atoms with Crippen LogP contribution in [-0.2, 0) is 19.1 Å². The van der Waals surface area contributed by atoms with E-state index < -0.39 is 18.6 Å². The Kier molecular flexibility index (Phi) is 4.42. The number of allylic oxidation sites excluding steroid dienone is 2. The maximum atomic E-state index is 13.3. The molecule has 4 aliphatic carbocycles. The van der Waals surface area contributed by atoms with Crippen molar-refractivity contribution in [3.05, 3.63) is 48.0 Å². The molecule has 0 spiro atoms. The minimum Gasteiger partial charge on any atom is -0.456 e. The van der Waals surface area contributed by atoms with Crippen LogP contribution in [0.1, 0.15) is 30.6 Å². The molecule has 0 N–H and O–H groups in total. The van der Waals surface area contributed by atoms with Crippen LogP contribution < -0.4 is 0 Å². The Balaban J connectivity index is 1.34. The molecule has 30 heavy (non-hydrogen) atoms. The predicted molar refractivity (Wildman–Crippen MR) is 107 cm³/mol. The van der Waals surface area contributed by atoms with Crippen molar-refractivity contribution in [2.75, 3.05) is 6.61 Å². The van der Waals surface area contributed by atoms with Gasteiger partial charge in [-0.3, -0.25) is 19.3 Å². The molecule has 156 valence electrons. The van der Waals surface area contributed by atoms with E-state index in [9.17, 15) is 19.2 Å². The SMILES string of the molecule is CC(C)[C@H](C(=O)OCC(=O)c1ccccc1)N1C(=O)[C@@H]2[C@H]3C=C[C@@H]([C@@H]4C[C@@H]34)[C@@H]2C1=O. The summed E-state index contributed by atoms with van der Waals surface area (Å²) in [5.41, 5.74) is 0.451. The smallest absolute Gasteiger partial charge is 0.330 e. The first-order valence-electron chi connectivity index (χ1n) is 10.7. The fourth-order valence-corrected chi connectivity index (χ4v) is 5.86. The van der Waals surface area contributed by atoms with Crippen molar-refractivity contribution < 1.29 is 23.9 Å². The lowest BCUT2D eigenvalue weighted by Crippen LogP contribution is -2.49. The van der Waals surface area contributed by atoms with E-state index in [2.05, 4.69) is 12.2 Å². The summed E-state index contributed by atoms with van der Waals surface area (Å²) >= 11 is 0. The molecular weight excluding hydrogens is 382 g/mol. The fourth-order valence-electron chi connectivity index (χ4n) is 5.86. The molecule has 1 saturated heterocycles. The molecule has 5 aliphatic rings. The van der Waals surface area contributed by atoms with Crippen molar-refractivity contribution in [1.29, 1.82) is 0 Å². The number of rotatable bonds is 6. The van der Waals surface area contributed by atoms with Crippen molar-refractivity contribution in [2.24, 2.45) is 41.4 Å². The normalized spacial score (nSPS) is 34.0. The average molecular weight is 407 g/mol. The second-order valence-corrected chi connectivity index (χ2v) is 9.29. The number of ketones is 1. The Morgan fingerprint density at radius 2 is 1.57 bits per heavy atom. The number of benzene rings is 1. The van der Waals surface area contributed by atoms with Crippen LogP contribution in [0.5, 0.6) is 0 Å². The Hall–Kier alpha value is -2.76. The molecule has 1 heterocycles. The van der Waals surface area contributed by atoms with Crippen molar-refractivity contribution in [2.45, 2.75) is 26.3 Å². The minimum absolute atomic E-state index is 0.106. The standard InChI is InChI=1S/C24H25NO5/c1-12(2)21(24(29)30-11-18(26)13-6-4-3-5-7-13)25-22(27)19-14-8-9-15(17-10-16(14)17)20(19)23(25)28/h3-9,12,14-17,19-21H,10-11H2,1-2H3/t14-,15-,16-,17-,19-,20+,21+/m0/s1. The van der Waals surface area contributed by atoms with Gasteiger partial charge in [0.2, 0.25) is 11.8 Å². The highest BCUT2D eigenvalue weighted by atomic mass is 16.5. The summed E-state index contributed by atoms with van der Waals surface area (Å²) in [5.74, 6) is -1.30. The summed E-state index contributed by atoms with van der Waals surface area (Å²) in [6, 6.07) is 7.58. The van der Waals surface area contributed by atoms with Crippen LogP contribution >= 0.6 is 0 Å². The lowest BCUT2D eigenvalue weighted by molar-refractivity contribution is -0.160. The molecule has 2 bridgehead atoms. The second kappa shape index (κ2) is 6.89. The Bertz CT molecular complexity index is 916. The van der Waals surface area contributed by atoms with E-state index in [0.29, 0.717) is 17.4 Å². The molecule has 0 unspecified atom stereocenters. The van der Waals surface area contributed by atoms with Crippen LogP contribution in [-0.4, -0.2) is 41.1 Å². The number of hydrogen-bond donors (Lipinski definition) is 0. The number of esters is 1. The molecule has 0 radical (unpaired) electrons. The molecule has 0 aromatic heterocycles. The van der Waals surface area contributed by atoms with Gasteiger partial charge in [0.15, 0.2) is 12.4 Å². The van der Waals surface area contributed by atoms with E-state index in [1.807, 2.05) is 0 Å². The Morgan fingerprint density at radius 1 is 1.00 bits per heavy atom. The van der Waals surface area contributed by atoms with Gasteiger partial charge in [-0.1, -0.05) is 56.3 Å². The number of ether oxygens (including phenoxy) is 1. The number of carbonyl (C=O) groups excluding carboxylic acids is 4. The number of likely N-dealkylation sites (tertiary alicyclic amines) is 1. The van der Waals surface area contributed by atoms with E-state index in [0.717, 1.165) is 11.3 Å². The Morgan fingerprint density at radius 3 is 2.10 bits per heavy atom. The quantitative estimate of drug-likeness (QED) is 0.313. The van der Waals surface area contributed by atoms with Gasteiger partial charge in [-0.2, -0.15) is 0 Å². The van der Waals surface area contributed by atoms with Crippen molar-refractivity contribution in [3.63, 3.8) is 0 Å². The van der Waals surface area contributed by atoms with Gasteiger partial charge >= 0.3 is 5.97 Å². The maximum absolute atomic E-state index is 13.3. The molecule has 7 atom stereocenters. The van der Waals surface area contributed by atoms with Gasteiger partial charge in [-0.25, -0.2) is 4.79 Å². The lowest BCUT2D eigenvalue weighted by atomic mass is 9.63. The van der Waals surface area contributed by atoms with Gasteiger partial charge in [0, 0.05) is 5.56 Å². The summed E-state index contributed by atoms with van der Waals surface area (Å²) in [4.78, 5) is 53.0. The number of Topliss-reactive ketones (excluding diaryl/α,β-unsaturated/α-hetero) is 1. The first kappa shape index (κ1) is 19.2. The van der Waals surface area contributed by atoms with Crippen LogP contribution in [0.25, 0.3) is 0 Å². The highest BCUT2D eigenvalue weighted by Gasteiger charge is 2.68. The van der Waals surface area contributed by atoms with Gasteiger partial charge in [0.1, 0.15) is 6.04 Å². The van der Waals surface area contributed by atoms with Crippen LogP contribution in [0, 0.1) is 41.4 Å². The van der Waals surface area contributed by atoms with Crippen LogP contribution in [0.2, 0.25) is 0 Å². The highest BCUT2D eigenvalue weighted by molar-refractivity contribution is 6.09. The van der Waals surface area contributed by atoms with Crippen molar-refractivity contribution >= 4 is 23.6 Å². The number of carbonyl (C=O) groups is 4. The molecule has 1 aliphatic heterocycles. The summed E-state index contributed by atoms with van der Waals surface area (Å²) < 4.78 is 5.29. The summed E-state index contributed by atoms with van der Waals surface area (Å²) in [6.07, 6.45) is 5.30. The van der Waals surface area contributed by atoms with E-state index in [1.54, 1.807) is 44.2 Å². The first-order valence-corrected chi connectivity index (χ1v) is 10.7. The second-order valence-electron chi connectivity index (χ2n) is 9.29. The molecule has 6 rings (SSSR count). The first-order chi connectivity index (χ1) is 14.4. The van der Waals surface area contributed by atoms with Crippen LogP contribution in [0.15, 0.2) is 42.5 Å². The molecule has 6 nitrogen and oxygen atoms in total. The minimum atomic E-state index is -1.00. The number of amides is 2.